The van der Waals surface area contributed by atoms with Gasteiger partial charge in [0, 0.05) is 11.3 Å². The summed E-state index contributed by atoms with van der Waals surface area (Å²) in [6.07, 6.45) is 0. The van der Waals surface area contributed by atoms with Gasteiger partial charge in [-0.05, 0) is 55.3 Å². The van der Waals surface area contributed by atoms with Gasteiger partial charge < -0.3 is 9.73 Å². The fourth-order valence-corrected chi connectivity index (χ4v) is 2.09. The summed E-state index contributed by atoms with van der Waals surface area (Å²) in [5.74, 6) is -0.831. The number of nitrogens with zero attached hydrogens (tertiary/aromatic N) is 2. The van der Waals surface area contributed by atoms with E-state index in [9.17, 15) is 9.18 Å². The molecule has 0 aliphatic rings. The summed E-state index contributed by atoms with van der Waals surface area (Å²) in [6.45, 7) is 3.88. The molecule has 5 nitrogen and oxygen atoms in total. The van der Waals surface area contributed by atoms with E-state index in [0.717, 1.165) is 11.1 Å². The molecule has 0 aliphatic heterocycles. The zero-order valence-electron chi connectivity index (χ0n) is 12.6. The molecule has 2 aromatic carbocycles. The molecule has 0 radical (unpaired) electrons. The molecule has 23 heavy (non-hydrogen) atoms. The van der Waals surface area contributed by atoms with Crippen molar-refractivity contribution in [2.45, 2.75) is 13.8 Å². The van der Waals surface area contributed by atoms with Gasteiger partial charge >= 0.3 is 11.8 Å². The Balaban J connectivity index is 1.81. The van der Waals surface area contributed by atoms with Crippen LogP contribution in [0.4, 0.5) is 10.1 Å². The minimum atomic E-state index is -0.487. The maximum atomic E-state index is 12.9. The van der Waals surface area contributed by atoms with Crippen LogP contribution in [0.5, 0.6) is 0 Å². The molecule has 6 heteroatoms. The van der Waals surface area contributed by atoms with E-state index in [1.165, 1.54) is 24.3 Å². The molecule has 0 spiro atoms. The van der Waals surface area contributed by atoms with Gasteiger partial charge in [0.2, 0.25) is 5.89 Å². The van der Waals surface area contributed by atoms with Crippen LogP contribution in [-0.2, 0) is 0 Å². The highest BCUT2D eigenvalue weighted by Gasteiger charge is 2.17. The number of hydrogen-bond acceptors (Lipinski definition) is 4. The third-order valence-corrected chi connectivity index (χ3v) is 3.56. The van der Waals surface area contributed by atoms with Gasteiger partial charge in [-0.25, -0.2) is 4.39 Å². The molecule has 3 rings (SSSR count). The number of aromatic nitrogens is 2. The SMILES string of the molecule is Cc1cccc(NC(=O)c2nnc(-c3ccc(F)cc3)o2)c1C. The van der Waals surface area contributed by atoms with Crippen LogP contribution < -0.4 is 5.32 Å². The summed E-state index contributed by atoms with van der Waals surface area (Å²) >= 11 is 0. The molecule has 0 atom stereocenters. The van der Waals surface area contributed by atoms with Crippen LogP contribution in [0.25, 0.3) is 11.5 Å². The van der Waals surface area contributed by atoms with E-state index in [-0.39, 0.29) is 17.6 Å². The quantitative estimate of drug-likeness (QED) is 0.800. The molecule has 3 aromatic rings. The zero-order valence-corrected chi connectivity index (χ0v) is 12.6. The molecular weight excluding hydrogens is 297 g/mol. The normalized spacial score (nSPS) is 10.6. The highest BCUT2D eigenvalue weighted by molar-refractivity contribution is 6.01. The van der Waals surface area contributed by atoms with Crippen LogP contribution in [0.1, 0.15) is 21.8 Å². The van der Waals surface area contributed by atoms with E-state index in [1.807, 2.05) is 26.0 Å². The highest BCUT2D eigenvalue weighted by Crippen LogP contribution is 2.21. The molecule has 0 saturated carbocycles. The molecule has 1 N–H and O–H groups in total. The van der Waals surface area contributed by atoms with Gasteiger partial charge in [-0.1, -0.05) is 12.1 Å². The Bertz CT molecular complexity index is 857. The summed E-state index contributed by atoms with van der Waals surface area (Å²) in [5, 5.41) is 10.3. The van der Waals surface area contributed by atoms with Crippen molar-refractivity contribution in [3.63, 3.8) is 0 Å². The first-order valence-electron chi connectivity index (χ1n) is 7.01. The molecular formula is C17H14FN3O2. The molecule has 0 bridgehead atoms. The summed E-state index contributed by atoms with van der Waals surface area (Å²) in [5.41, 5.74) is 3.28. The van der Waals surface area contributed by atoms with Crippen LogP contribution in [0.15, 0.2) is 46.9 Å². The molecule has 0 fully saturated rings. The maximum Gasteiger partial charge on any atom is 0.313 e. The Kier molecular flexibility index (Phi) is 3.89. The van der Waals surface area contributed by atoms with Crippen LogP contribution in [0, 0.1) is 19.7 Å². The third-order valence-electron chi connectivity index (χ3n) is 3.56. The topological polar surface area (TPSA) is 68.0 Å². The summed E-state index contributed by atoms with van der Waals surface area (Å²) in [4.78, 5) is 12.2. The average molecular weight is 311 g/mol. The molecule has 0 aliphatic carbocycles. The van der Waals surface area contributed by atoms with Gasteiger partial charge in [0.15, 0.2) is 0 Å². The van der Waals surface area contributed by atoms with E-state index in [2.05, 4.69) is 15.5 Å². The number of rotatable bonds is 3. The van der Waals surface area contributed by atoms with Crippen LogP contribution in [-0.4, -0.2) is 16.1 Å². The lowest BCUT2D eigenvalue weighted by atomic mass is 10.1. The van der Waals surface area contributed by atoms with E-state index in [0.29, 0.717) is 11.3 Å². The first-order chi connectivity index (χ1) is 11.0. The Morgan fingerprint density at radius 2 is 1.83 bits per heavy atom. The van der Waals surface area contributed by atoms with Crippen molar-refractivity contribution in [3.8, 4) is 11.5 Å². The van der Waals surface area contributed by atoms with Gasteiger partial charge in [-0.3, -0.25) is 4.79 Å². The summed E-state index contributed by atoms with van der Waals surface area (Å²) in [6, 6.07) is 11.2. The number of nitrogens with one attached hydrogen (secondary N) is 1. The number of hydrogen-bond donors (Lipinski definition) is 1. The fraction of sp³-hybridized carbons (Fsp3) is 0.118. The molecule has 1 aromatic heterocycles. The predicted molar refractivity (Wildman–Crippen MR) is 83.6 cm³/mol. The first kappa shape index (κ1) is 14.9. The Morgan fingerprint density at radius 3 is 2.57 bits per heavy atom. The van der Waals surface area contributed by atoms with Gasteiger partial charge in [0.05, 0.1) is 0 Å². The number of carbonyl (C=O) groups is 1. The summed E-state index contributed by atoms with van der Waals surface area (Å²) in [7, 11) is 0. The number of anilines is 1. The lowest BCUT2D eigenvalue weighted by molar-refractivity contribution is 0.0990. The Labute approximate surface area is 132 Å². The minimum absolute atomic E-state index is 0.148. The smallest absolute Gasteiger partial charge is 0.313 e. The largest absolute Gasteiger partial charge is 0.412 e. The lowest BCUT2D eigenvalue weighted by Gasteiger charge is -2.08. The van der Waals surface area contributed by atoms with Gasteiger partial charge in [-0.2, -0.15) is 0 Å². The molecule has 1 amide bonds. The molecule has 116 valence electrons. The van der Waals surface area contributed by atoms with E-state index in [1.54, 1.807) is 6.07 Å². The third kappa shape index (κ3) is 3.11. The van der Waals surface area contributed by atoms with Crippen molar-refractivity contribution >= 4 is 11.6 Å². The van der Waals surface area contributed by atoms with Crippen molar-refractivity contribution in [2.24, 2.45) is 0 Å². The van der Waals surface area contributed by atoms with Crippen molar-refractivity contribution in [1.29, 1.82) is 0 Å². The predicted octanol–water partition coefficient (Wildman–Crippen LogP) is 3.74. The van der Waals surface area contributed by atoms with E-state index in [4.69, 9.17) is 4.42 Å². The molecule has 0 saturated heterocycles. The minimum Gasteiger partial charge on any atom is -0.412 e. The van der Waals surface area contributed by atoms with E-state index < -0.39 is 5.91 Å². The van der Waals surface area contributed by atoms with Crippen molar-refractivity contribution in [3.05, 3.63) is 65.3 Å². The molecule has 1 heterocycles. The summed E-state index contributed by atoms with van der Waals surface area (Å²) < 4.78 is 18.3. The van der Waals surface area contributed by atoms with Crippen LogP contribution >= 0.6 is 0 Å². The van der Waals surface area contributed by atoms with E-state index >= 15 is 0 Å². The van der Waals surface area contributed by atoms with Crippen molar-refractivity contribution in [2.75, 3.05) is 5.32 Å². The van der Waals surface area contributed by atoms with Gasteiger partial charge in [0.1, 0.15) is 5.82 Å². The Hall–Kier alpha value is -3.02. The standard InChI is InChI=1S/C17H14FN3O2/c1-10-4-3-5-14(11(10)2)19-15(22)17-21-20-16(23-17)12-6-8-13(18)9-7-12/h3-9H,1-2H3,(H,19,22). The number of aryl methyl sites for hydroxylation is 1. The van der Waals surface area contributed by atoms with Crippen molar-refractivity contribution < 1.29 is 13.6 Å². The number of amides is 1. The second kappa shape index (κ2) is 6.00. The monoisotopic (exact) mass is 311 g/mol. The maximum absolute atomic E-state index is 12.9. The van der Waals surface area contributed by atoms with Gasteiger partial charge in [0.25, 0.3) is 0 Å². The highest BCUT2D eigenvalue weighted by atomic mass is 19.1. The van der Waals surface area contributed by atoms with Crippen molar-refractivity contribution in [1.82, 2.24) is 10.2 Å². The lowest BCUT2D eigenvalue weighted by Crippen LogP contribution is -2.13. The second-order valence-corrected chi connectivity index (χ2v) is 5.12. The second-order valence-electron chi connectivity index (χ2n) is 5.12. The average Bonchev–Trinajstić information content (AvgIpc) is 3.02. The number of halogens is 1. The molecule has 0 unspecified atom stereocenters. The number of carbonyl (C=O) groups excluding carboxylic acids is 1. The van der Waals surface area contributed by atoms with Crippen LogP contribution in [0.3, 0.4) is 0 Å². The fourth-order valence-electron chi connectivity index (χ4n) is 2.09. The van der Waals surface area contributed by atoms with Gasteiger partial charge in [-0.15, -0.1) is 10.2 Å². The zero-order chi connectivity index (χ0) is 16.4. The Morgan fingerprint density at radius 1 is 1.09 bits per heavy atom. The number of benzene rings is 2. The van der Waals surface area contributed by atoms with Crippen LogP contribution in [0.2, 0.25) is 0 Å². The first-order valence-corrected chi connectivity index (χ1v) is 7.01.